The van der Waals surface area contributed by atoms with Gasteiger partial charge in [0, 0.05) is 5.56 Å². The molecule has 1 atom stereocenters. The van der Waals surface area contributed by atoms with Gasteiger partial charge in [-0.05, 0) is 60.9 Å². The Balaban J connectivity index is 1.51. The van der Waals surface area contributed by atoms with E-state index in [1.165, 1.54) is 11.3 Å². The molecule has 2 heterocycles. The van der Waals surface area contributed by atoms with Crippen LogP contribution in [0.1, 0.15) is 59.8 Å². The predicted octanol–water partition coefficient (Wildman–Crippen LogP) is 4.86. The number of aromatic carboxylic acids is 1. The number of para-hydroxylation sites is 1. The molecule has 4 aromatic rings. The lowest BCUT2D eigenvalue weighted by molar-refractivity contribution is -0.139. The molecule has 0 bridgehead atoms. The molecule has 0 saturated heterocycles. The monoisotopic (exact) mass is 612 g/mol. The van der Waals surface area contributed by atoms with Crippen LogP contribution < -0.4 is 24.4 Å². The van der Waals surface area contributed by atoms with Gasteiger partial charge in [-0.3, -0.25) is 9.36 Å². The molecule has 0 radical (unpaired) electrons. The third kappa shape index (κ3) is 6.35. The average molecular weight is 613 g/mol. The highest BCUT2D eigenvalue weighted by atomic mass is 32.1. The Hall–Kier alpha value is -4.96. The zero-order chi connectivity index (χ0) is 31.2. The normalized spacial score (nSPS) is 14.5. The van der Waals surface area contributed by atoms with Crippen LogP contribution in [-0.4, -0.2) is 35.3 Å². The van der Waals surface area contributed by atoms with Crippen molar-refractivity contribution >= 4 is 29.4 Å². The van der Waals surface area contributed by atoms with Gasteiger partial charge in [0.15, 0.2) is 4.80 Å². The second kappa shape index (κ2) is 13.6. The summed E-state index contributed by atoms with van der Waals surface area (Å²) in [6, 6.07) is 20.4. The van der Waals surface area contributed by atoms with E-state index in [0.717, 1.165) is 17.5 Å². The summed E-state index contributed by atoms with van der Waals surface area (Å²) in [5, 5.41) is 9.07. The fourth-order valence-corrected chi connectivity index (χ4v) is 6.05. The predicted molar refractivity (Wildman–Crippen MR) is 167 cm³/mol. The van der Waals surface area contributed by atoms with E-state index in [9.17, 15) is 14.4 Å². The lowest BCUT2D eigenvalue weighted by Crippen LogP contribution is -2.40. The van der Waals surface area contributed by atoms with Crippen molar-refractivity contribution < 1.29 is 28.9 Å². The van der Waals surface area contributed by atoms with Crippen LogP contribution in [0, 0.1) is 0 Å². The van der Waals surface area contributed by atoms with Crippen molar-refractivity contribution in [1.29, 1.82) is 0 Å². The first-order valence-corrected chi connectivity index (χ1v) is 15.1. The highest BCUT2D eigenvalue weighted by Crippen LogP contribution is 2.36. The van der Waals surface area contributed by atoms with Crippen LogP contribution in [-0.2, 0) is 16.1 Å². The van der Waals surface area contributed by atoms with Gasteiger partial charge in [0.2, 0.25) is 0 Å². The summed E-state index contributed by atoms with van der Waals surface area (Å²) in [5.74, 6) is -0.291. The van der Waals surface area contributed by atoms with Crippen molar-refractivity contribution in [3.8, 4) is 11.5 Å². The Labute approximate surface area is 258 Å². The third-order valence-electron chi connectivity index (χ3n) is 7.11. The van der Waals surface area contributed by atoms with Gasteiger partial charge in [-0.1, -0.05) is 67.1 Å². The minimum Gasteiger partial charge on any atom is -0.496 e. The van der Waals surface area contributed by atoms with Gasteiger partial charge >= 0.3 is 11.9 Å². The number of ether oxygens (including phenoxy) is 3. The number of methoxy groups -OCH3 is 1. The SMILES string of the molecule is CCCC1=C(C(=O)OCC)C(c2ccccc2OC)n2c(s/c(=C\c3ccc(OCc4ccc(C(=O)O)cc4)cc3)c2=O)=N1. The van der Waals surface area contributed by atoms with Crippen LogP contribution in [0.15, 0.2) is 93.9 Å². The summed E-state index contributed by atoms with van der Waals surface area (Å²) >= 11 is 1.27. The van der Waals surface area contributed by atoms with Gasteiger partial charge in [-0.15, -0.1) is 0 Å². The summed E-state index contributed by atoms with van der Waals surface area (Å²) in [4.78, 5) is 43.7. The Morgan fingerprint density at radius 2 is 1.75 bits per heavy atom. The fourth-order valence-electron chi connectivity index (χ4n) is 5.03. The number of allylic oxidation sites excluding steroid dienone is 1. The molecule has 5 rings (SSSR count). The first-order chi connectivity index (χ1) is 21.3. The number of carboxylic acid groups (broad SMARTS) is 1. The van der Waals surface area contributed by atoms with Crippen molar-refractivity contribution in [3.63, 3.8) is 0 Å². The number of carbonyl (C=O) groups excluding carboxylic acids is 1. The van der Waals surface area contributed by atoms with Gasteiger partial charge < -0.3 is 19.3 Å². The van der Waals surface area contributed by atoms with Crippen LogP contribution in [0.2, 0.25) is 0 Å². The summed E-state index contributed by atoms with van der Waals surface area (Å²) in [5.41, 5.74) is 3.21. The van der Waals surface area contributed by atoms with Gasteiger partial charge in [0.1, 0.15) is 24.1 Å². The minimum atomic E-state index is -0.975. The van der Waals surface area contributed by atoms with Crippen LogP contribution in [0.5, 0.6) is 11.5 Å². The molecule has 10 heteroatoms. The smallest absolute Gasteiger partial charge is 0.338 e. The topological polar surface area (TPSA) is 116 Å². The first-order valence-electron chi connectivity index (χ1n) is 14.2. The first kappa shape index (κ1) is 30.5. The molecule has 0 spiro atoms. The number of hydrogen-bond donors (Lipinski definition) is 1. The van der Waals surface area contributed by atoms with Crippen molar-refractivity contribution in [1.82, 2.24) is 4.57 Å². The molecular formula is C34H32N2O7S. The molecule has 0 saturated carbocycles. The van der Waals surface area contributed by atoms with Gasteiger partial charge in [0.25, 0.3) is 5.56 Å². The number of aromatic nitrogens is 1. The number of hydrogen-bond acceptors (Lipinski definition) is 8. The van der Waals surface area contributed by atoms with E-state index in [0.29, 0.717) is 44.1 Å². The Morgan fingerprint density at radius 3 is 2.41 bits per heavy atom. The summed E-state index contributed by atoms with van der Waals surface area (Å²) in [7, 11) is 1.56. The lowest BCUT2D eigenvalue weighted by Gasteiger charge is -2.26. The van der Waals surface area contributed by atoms with Crippen molar-refractivity contribution in [2.24, 2.45) is 4.99 Å². The van der Waals surface area contributed by atoms with E-state index < -0.39 is 18.0 Å². The Bertz CT molecular complexity index is 1890. The maximum Gasteiger partial charge on any atom is 0.338 e. The average Bonchev–Trinajstić information content (AvgIpc) is 3.34. The fraction of sp³-hybridized carbons (Fsp3) is 0.235. The number of esters is 1. The van der Waals surface area contributed by atoms with Crippen molar-refractivity contribution in [2.45, 2.75) is 39.3 Å². The highest BCUT2D eigenvalue weighted by Gasteiger charge is 2.35. The molecule has 0 fully saturated rings. The molecule has 3 aromatic carbocycles. The maximum absolute atomic E-state index is 14.0. The van der Waals surface area contributed by atoms with Crippen LogP contribution >= 0.6 is 11.3 Å². The molecule has 9 nitrogen and oxygen atoms in total. The number of thiazole rings is 1. The largest absolute Gasteiger partial charge is 0.496 e. The molecular weight excluding hydrogens is 580 g/mol. The third-order valence-corrected chi connectivity index (χ3v) is 8.09. The van der Waals surface area contributed by atoms with Gasteiger partial charge in [-0.2, -0.15) is 0 Å². The molecule has 0 aliphatic carbocycles. The van der Waals surface area contributed by atoms with E-state index >= 15 is 0 Å². The van der Waals surface area contributed by atoms with E-state index in [1.807, 2.05) is 55.5 Å². The molecule has 1 N–H and O–H groups in total. The zero-order valence-electron chi connectivity index (χ0n) is 24.6. The summed E-state index contributed by atoms with van der Waals surface area (Å²) < 4.78 is 19.0. The van der Waals surface area contributed by atoms with E-state index in [-0.39, 0.29) is 24.3 Å². The molecule has 1 aliphatic rings. The summed E-state index contributed by atoms with van der Waals surface area (Å²) in [6.45, 7) is 4.24. The van der Waals surface area contributed by atoms with Gasteiger partial charge in [0.05, 0.1) is 35.1 Å². The highest BCUT2D eigenvalue weighted by molar-refractivity contribution is 7.07. The second-order valence-corrected chi connectivity index (χ2v) is 11.0. The Morgan fingerprint density at radius 1 is 1.02 bits per heavy atom. The van der Waals surface area contributed by atoms with Gasteiger partial charge in [-0.25, -0.2) is 14.6 Å². The Kier molecular flexibility index (Phi) is 9.40. The number of nitrogens with zero attached hydrogens (tertiary/aromatic N) is 2. The van der Waals surface area contributed by atoms with E-state index in [1.54, 1.807) is 48.9 Å². The molecule has 44 heavy (non-hydrogen) atoms. The number of benzene rings is 3. The summed E-state index contributed by atoms with van der Waals surface area (Å²) in [6.07, 6.45) is 3.11. The molecule has 226 valence electrons. The lowest BCUT2D eigenvalue weighted by atomic mass is 9.93. The molecule has 0 amide bonds. The van der Waals surface area contributed by atoms with Crippen LogP contribution in [0.3, 0.4) is 0 Å². The number of carbonyl (C=O) groups is 2. The van der Waals surface area contributed by atoms with Crippen LogP contribution in [0.25, 0.3) is 6.08 Å². The quantitative estimate of drug-likeness (QED) is 0.241. The van der Waals surface area contributed by atoms with Crippen molar-refractivity contribution in [2.75, 3.05) is 13.7 Å². The molecule has 1 aliphatic heterocycles. The number of fused-ring (bicyclic) bond motifs is 1. The molecule has 1 aromatic heterocycles. The second-order valence-electron chi connectivity index (χ2n) is 10.0. The minimum absolute atomic E-state index is 0.196. The maximum atomic E-state index is 14.0. The van der Waals surface area contributed by atoms with Crippen molar-refractivity contribution in [3.05, 3.63) is 126 Å². The van der Waals surface area contributed by atoms with Crippen LogP contribution in [0.4, 0.5) is 0 Å². The standard InChI is InChI=1S/C34H32N2O7S/c1-4-8-26-29(33(40)42-5-2)30(25-9-6-7-10-27(25)41-3)36-31(37)28(44-34(36)35-26)19-21-13-17-24(18-14-21)43-20-22-11-15-23(16-12-22)32(38)39/h6-7,9-19,30H,4-5,8,20H2,1-3H3,(H,38,39)/b28-19-. The number of rotatable bonds is 11. The van der Waals surface area contributed by atoms with E-state index in [2.05, 4.69) is 0 Å². The molecule has 1 unspecified atom stereocenters. The zero-order valence-corrected chi connectivity index (χ0v) is 25.4. The van der Waals surface area contributed by atoms with E-state index in [4.69, 9.17) is 24.3 Å². The number of carboxylic acids is 1.